The molecule has 4 unspecified atom stereocenters. The summed E-state index contributed by atoms with van der Waals surface area (Å²) in [7, 11) is 0. The van der Waals surface area contributed by atoms with Gasteiger partial charge < -0.3 is 10.2 Å². The number of aliphatic carboxylic acids is 2. The number of carboxylic acids is 2. The highest BCUT2D eigenvalue weighted by Crippen LogP contribution is 3.10. The van der Waals surface area contributed by atoms with Crippen LogP contribution in [0.25, 0.3) is 0 Å². The van der Waals surface area contributed by atoms with E-state index in [4.69, 9.17) is 0 Å². The number of carbonyl (C=O) groups is 2. The topological polar surface area (TPSA) is 74.6 Å². The molecule has 0 amide bonds. The van der Waals surface area contributed by atoms with Crippen LogP contribution in [-0.4, -0.2) is 22.2 Å². The van der Waals surface area contributed by atoms with Crippen molar-refractivity contribution < 1.29 is 19.8 Å². The Balaban J connectivity index is 1.77. The highest BCUT2D eigenvalue weighted by atomic mass is 16.4. The van der Waals surface area contributed by atoms with Crippen LogP contribution in [0.1, 0.15) is 0 Å². The van der Waals surface area contributed by atoms with Gasteiger partial charge in [-0.3, -0.25) is 9.59 Å². The molecule has 6 aliphatic rings. The molecule has 6 saturated carbocycles. The second-order valence-electron chi connectivity index (χ2n) is 5.61. The van der Waals surface area contributed by atoms with E-state index in [0.29, 0.717) is 11.8 Å². The minimum Gasteiger partial charge on any atom is -0.481 e. The maximum Gasteiger partial charge on any atom is 0.311 e. The lowest BCUT2D eigenvalue weighted by Gasteiger charge is -3.08. The molecule has 0 aromatic carbocycles. The Morgan fingerprint density at radius 3 is 1.29 bits per heavy atom. The van der Waals surface area contributed by atoms with Crippen LogP contribution in [0.2, 0.25) is 0 Å². The van der Waals surface area contributed by atoms with E-state index in [1.807, 2.05) is 0 Å². The van der Waals surface area contributed by atoms with Gasteiger partial charge in [0.2, 0.25) is 0 Å². The van der Waals surface area contributed by atoms with Gasteiger partial charge >= 0.3 is 11.9 Å². The first-order chi connectivity index (χ1) is 6.62. The molecule has 72 valence electrons. The molecule has 0 aromatic heterocycles. The fourth-order valence-electron chi connectivity index (χ4n) is 6.46. The smallest absolute Gasteiger partial charge is 0.311 e. The van der Waals surface area contributed by atoms with Crippen LogP contribution in [0.15, 0.2) is 0 Å². The first-order valence-corrected chi connectivity index (χ1v) is 5.09. The third-order valence-corrected chi connectivity index (χ3v) is 6.37. The van der Waals surface area contributed by atoms with E-state index < -0.39 is 22.8 Å². The summed E-state index contributed by atoms with van der Waals surface area (Å²) in [5, 5.41) is 18.4. The Morgan fingerprint density at radius 2 is 1.07 bits per heavy atom. The van der Waals surface area contributed by atoms with Crippen molar-refractivity contribution in [2.75, 3.05) is 0 Å². The van der Waals surface area contributed by atoms with E-state index in [1.54, 1.807) is 0 Å². The molecule has 0 heterocycles. The zero-order chi connectivity index (χ0) is 9.62. The standard InChI is InChI=1S/C10H8O4/c11-7(12)9-3-1-2-5(3)10(9,8(13)14)6(2)4(1)9/h1-6H,(H,11,12)(H,13,14). The van der Waals surface area contributed by atoms with E-state index in [0.717, 1.165) is 0 Å². The average Bonchev–Trinajstić information content (AvgIpc) is 2.16. The summed E-state index contributed by atoms with van der Waals surface area (Å²) in [6.45, 7) is 0. The van der Waals surface area contributed by atoms with Crippen molar-refractivity contribution in [1.29, 1.82) is 0 Å². The molecule has 6 fully saturated rings. The molecule has 0 saturated heterocycles. The fourth-order valence-corrected chi connectivity index (χ4v) is 6.46. The van der Waals surface area contributed by atoms with Crippen LogP contribution in [0.5, 0.6) is 0 Å². The Bertz CT molecular complexity index is 391. The number of hydrogen-bond acceptors (Lipinski definition) is 2. The van der Waals surface area contributed by atoms with E-state index in [2.05, 4.69) is 0 Å². The summed E-state index contributed by atoms with van der Waals surface area (Å²) in [5.74, 6) is 0.539. The van der Waals surface area contributed by atoms with Crippen molar-refractivity contribution in [3.8, 4) is 0 Å². The summed E-state index contributed by atoms with van der Waals surface area (Å²) < 4.78 is 0. The van der Waals surface area contributed by atoms with Crippen LogP contribution in [0.3, 0.4) is 0 Å². The lowest BCUT2D eigenvalue weighted by molar-refractivity contribution is -0.630. The predicted octanol–water partition coefficient (Wildman–Crippen LogP) is -0.106. The third-order valence-electron chi connectivity index (χ3n) is 6.37. The zero-order valence-corrected chi connectivity index (χ0v) is 7.18. The largest absolute Gasteiger partial charge is 0.481 e. The molecule has 4 atom stereocenters. The predicted molar refractivity (Wildman–Crippen MR) is 41.1 cm³/mol. The minimum atomic E-state index is -0.836. The fraction of sp³-hybridized carbons (Fsp3) is 0.800. The van der Waals surface area contributed by atoms with Crippen LogP contribution in [-0.2, 0) is 9.59 Å². The van der Waals surface area contributed by atoms with Gasteiger partial charge in [-0.1, -0.05) is 0 Å². The second kappa shape index (κ2) is 1.17. The van der Waals surface area contributed by atoms with E-state index in [-0.39, 0.29) is 23.7 Å². The molecule has 0 spiro atoms. The molecule has 2 N–H and O–H groups in total. The van der Waals surface area contributed by atoms with Gasteiger partial charge in [-0.2, -0.15) is 0 Å². The normalized spacial score (nSPS) is 76.9. The zero-order valence-electron chi connectivity index (χ0n) is 7.18. The summed E-state index contributed by atoms with van der Waals surface area (Å²) in [4.78, 5) is 22.5. The number of hydrogen-bond donors (Lipinski definition) is 2. The van der Waals surface area contributed by atoms with E-state index in [1.165, 1.54) is 0 Å². The lowest BCUT2D eigenvalue weighted by atomic mass is 8.92. The Morgan fingerprint density at radius 1 is 0.786 bits per heavy atom. The van der Waals surface area contributed by atoms with Gasteiger partial charge in [0.25, 0.3) is 0 Å². The lowest BCUT2D eigenvalue weighted by Crippen LogP contribution is -3.12. The summed E-state index contributed by atoms with van der Waals surface area (Å²) in [5.41, 5.74) is -1.60. The van der Waals surface area contributed by atoms with Crippen molar-refractivity contribution >= 4 is 11.9 Å². The monoisotopic (exact) mass is 192 g/mol. The minimum absolute atomic E-state index is 0.246. The highest BCUT2D eigenvalue weighted by molar-refractivity contribution is 5.99. The van der Waals surface area contributed by atoms with Gasteiger partial charge in [-0.15, -0.1) is 0 Å². The molecule has 0 aromatic rings. The maximum absolute atomic E-state index is 11.2. The van der Waals surface area contributed by atoms with Crippen LogP contribution < -0.4 is 0 Å². The van der Waals surface area contributed by atoms with Gasteiger partial charge in [0, 0.05) is 0 Å². The second-order valence-corrected chi connectivity index (χ2v) is 5.61. The van der Waals surface area contributed by atoms with Crippen molar-refractivity contribution in [3.05, 3.63) is 0 Å². The van der Waals surface area contributed by atoms with E-state index >= 15 is 0 Å². The molecule has 6 rings (SSSR count). The molecule has 6 aliphatic carbocycles. The van der Waals surface area contributed by atoms with Gasteiger partial charge in [-0.25, -0.2) is 0 Å². The molecule has 4 heteroatoms. The summed E-state index contributed by atoms with van der Waals surface area (Å²) >= 11 is 0. The van der Waals surface area contributed by atoms with Crippen LogP contribution >= 0.6 is 0 Å². The number of carboxylic acid groups (broad SMARTS) is 2. The molecule has 0 radical (unpaired) electrons. The Hall–Kier alpha value is -1.06. The summed E-state index contributed by atoms with van der Waals surface area (Å²) in [6.07, 6.45) is 0. The van der Waals surface area contributed by atoms with Crippen molar-refractivity contribution in [1.82, 2.24) is 0 Å². The molecule has 4 nitrogen and oxygen atoms in total. The van der Waals surface area contributed by atoms with E-state index in [9.17, 15) is 19.8 Å². The molecule has 14 heavy (non-hydrogen) atoms. The maximum atomic E-state index is 11.2. The SMILES string of the molecule is O=C(O)C12C3C4C5C3C1(C(=O)O)C5C42. The first-order valence-electron chi connectivity index (χ1n) is 5.09. The summed E-state index contributed by atoms with van der Waals surface area (Å²) in [6, 6.07) is 0. The van der Waals surface area contributed by atoms with Crippen LogP contribution in [0, 0.1) is 46.3 Å². The van der Waals surface area contributed by atoms with Gasteiger partial charge in [0.05, 0.1) is 10.8 Å². The average molecular weight is 192 g/mol. The molecule has 0 bridgehead atoms. The van der Waals surface area contributed by atoms with Gasteiger partial charge in [0.15, 0.2) is 0 Å². The first kappa shape index (κ1) is 6.43. The molecule has 0 aliphatic heterocycles. The van der Waals surface area contributed by atoms with Crippen molar-refractivity contribution in [2.45, 2.75) is 0 Å². The van der Waals surface area contributed by atoms with Gasteiger partial charge in [0.1, 0.15) is 0 Å². The van der Waals surface area contributed by atoms with Crippen molar-refractivity contribution in [3.63, 3.8) is 0 Å². The third kappa shape index (κ3) is 0.209. The molecular formula is C10H8O4. The quantitative estimate of drug-likeness (QED) is 0.640. The Kier molecular flexibility index (Phi) is 0.538. The molecular weight excluding hydrogens is 184 g/mol. The van der Waals surface area contributed by atoms with Crippen LogP contribution in [0.4, 0.5) is 0 Å². The Labute approximate surface area is 78.9 Å². The highest BCUT2D eigenvalue weighted by Gasteiger charge is 3.14. The van der Waals surface area contributed by atoms with Crippen molar-refractivity contribution in [2.24, 2.45) is 46.3 Å². The van der Waals surface area contributed by atoms with Gasteiger partial charge in [-0.05, 0) is 35.5 Å². The number of rotatable bonds is 2.